The van der Waals surface area contributed by atoms with Crippen molar-refractivity contribution in [3.63, 3.8) is 0 Å². The number of rotatable bonds is 6. The smallest absolute Gasteiger partial charge is 0.244 e. The van der Waals surface area contributed by atoms with Gasteiger partial charge in [-0.15, -0.1) is 0 Å². The molecule has 0 aliphatic carbocycles. The molecule has 5 heteroatoms. The molecule has 1 unspecified atom stereocenters. The summed E-state index contributed by atoms with van der Waals surface area (Å²) in [4.78, 5) is 11.9. The largest absolute Gasteiger partial charge is 0.472 e. The Hall–Kier alpha value is -2.04. The van der Waals surface area contributed by atoms with Crippen molar-refractivity contribution < 1.29 is 13.9 Å². The number of benzene rings is 1. The summed E-state index contributed by atoms with van der Waals surface area (Å²) in [6.07, 6.45) is 6.26. The molecule has 22 heavy (non-hydrogen) atoms. The Kier molecular flexibility index (Phi) is 5.41. The first-order valence-corrected chi connectivity index (χ1v) is 7.20. The average molecular weight is 320 g/mol. The lowest BCUT2D eigenvalue weighted by Crippen LogP contribution is -2.39. The van der Waals surface area contributed by atoms with E-state index in [1.54, 1.807) is 37.8 Å². The normalized spacial score (nSPS) is 14.0. The Bertz CT molecular complexity index is 652. The Morgan fingerprint density at radius 3 is 2.91 bits per heavy atom. The van der Waals surface area contributed by atoms with Crippen LogP contribution in [-0.4, -0.2) is 19.6 Å². The lowest BCUT2D eigenvalue weighted by Gasteiger charge is -2.29. The summed E-state index contributed by atoms with van der Waals surface area (Å²) in [6, 6.07) is 9.18. The van der Waals surface area contributed by atoms with E-state index in [1.165, 1.54) is 6.08 Å². The number of hydrogen-bond donors (Lipinski definition) is 1. The molecule has 0 saturated heterocycles. The van der Waals surface area contributed by atoms with Gasteiger partial charge in [-0.1, -0.05) is 23.7 Å². The second kappa shape index (κ2) is 7.29. The summed E-state index contributed by atoms with van der Waals surface area (Å²) in [5, 5.41) is 3.46. The minimum atomic E-state index is -0.649. The number of carbonyl (C=O) groups is 1. The van der Waals surface area contributed by atoms with Crippen LogP contribution in [0.2, 0.25) is 5.02 Å². The van der Waals surface area contributed by atoms with Crippen LogP contribution in [0.3, 0.4) is 0 Å². The van der Waals surface area contributed by atoms with Crippen molar-refractivity contribution >= 4 is 23.6 Å². The highest BCUT2D eigenvalue weighted by Crippen LogP contribution is 2.26. The van der Waals surface area contributed by atoms with Crippen LogP contribution in [0.15, 0.2) is 53.4 Å². The summed E-state index contributed by atoms with van der Waals surface area (Å²) in [7, 11) is 1.61. The third kappa shape index (κ3) is 4.23. The van der Waals surface area contributed by atoms with E-state index in [1.807, 2.05) is 25.1 Å². The van der Waals surface area contributed by atoms with Crippen LogP contribution in [-0.2, 0) is 15.1 Å². The van der Waals surface area contributed by atoms with Crippen LogP contribution in [0.1, 0.15) is 18.1 Å². The van der Waals surface area contributed by atoms with Crippen LogP contribution in [0.25, 0.3) is 6.08 Å². The zero-order valence-electron chi connectivity index (χ0n) is 12.5. The van der Waals surface area contributed by atoms with Crippen molar-refractivity contribution in [3.8, 4) is 0 Å². The van der Waals surface area contributed by atoms with Gasteiger partial charge >= 0.3 is 0 Å². The molecule has 2 aromatic rings. The number of ether oxygens (including phenoxy) is 1. The number of halogens is 1. The van der Waals surface area contributed by atoms with E-state index in [9.17, 15) is 4.79 Å². The molecule has 0 spiro atoms. The maximum Gasteiger partial charge on any atom is 0.244 e. The molecule has 0 radical (unpaired) electrons. The van der Waals surface area contributed by atoms with E-state index in [-0.39, 0.29) is 5.91 Å². The maximum atomic E-state index is 11.9. The molecule has 116 valence electrons. The number of methoxy groups -OCH3 is 1. The number of furan rings is 1. The Balaban J connectivity index is 1.99. The fourth-order valence-corrected chi connectivity index (χ4v) is 2.16. The van der Waals surface area contributed by atoms with Crippen molar-refractivity contribution in [3.05, 3.63) is 65.1 Å². The van der Waals surface area contributed by atoms with Gasteiger partial charge in [0.2, 0.25) is 5.91 Å². The minimum Gasteiger partial charge on any atom is -0.472 e. The zero-order valence-corrected chi connectivity index (χ0v) is 13.3. The lowest BCUT2D eigenvalue weighted by atomic mass is 9.95. The quantitative estimate of drug-likeness (QED) is 0.827. The van der Waals surface area contributed by atoms with Gasteiger partial charge in [-0.2, -0.15) is 0 Å². The van der Waals surface area contributed by atoms with E-state index in [2.05, 4.69) is 5.32 Å². The monoisotopic (exact) mass is 319 g/mol. The number of amides is 1. The lowest BCUT2D eigenvalue weighted by molar-refractivity contribution is -0.118. The average Bonchev–Trinajstić information content (AvgIpc) is 3.04. The predicted octanol–water partition coefficient (Wildman–Crippen LogP) is 3.62. The fourth-order valence-electron chi connectivity index (χ4n) is 1.97. The van der Waals surface area contributed by atoms with Crippen LogP contribution in [0.5, 0.6) is 0 Å². The molecule has 1 aromatic carbocycles. The summed E-state index contributed by atoms with van der Waals surface area (Å²) in [6.45, 7) is 2.23. The van der Waals surface area contributed by atoms with Crippen LogP contribution >= 0.6 is 11.6 Å². The molecule has 1 N–H and O–H groups in total. The van der Waals surface area contributed by atoms with E-state index in [0.29, 0.717) is 11.6 Å². The Morgan fingerprint density at radius 1 is 1.45 bits per heavy atom. The summed E-state index contributed by atoms with van der Waals surface area (Å²) in [5.74, 6) is -0.202. The van der Waals surface area contributed by atoms with Crippen LogP contribution in [0.4, 0.5) is 0 Å². The topological polar surface area (TPSA) is 51.5 Å². The standard InChI is InChI=1S/C17H18ClNO3/c1-17(21-2,14-4-3-5-15(18)10-14)12-19-16(20)7-6-13-8-9-22-11-13/h3-11H,12H2,1-2H3,(H,19,20)/b7-6+. The summed E-state index contributed by atoms with van der Waals surface area (Å²) in [5.41, 5.74) is 1.09. The van der Waals surface area contributed by atoms with Gasteiger partial charge in [0.05, 0.1) is 19.1 Å². The number of carbonyl (C=O) groups excluding carboxylic acids is 1. The Morgan fingerprint density at radius 2 is 2.27 bits per heavy atom. The van der Waals surface area contributed by atoms with Gasteiger partial charge in [-0.25, -0.2) is 0 Å². The first-order valence-electron chi connectivity index (χ1n) is 6.83. The minimum absolute atomic E-state index is 0.202. The molecule has 1 heterocycles. The van der Waals surface area contributed by atoms with Gasteiger partial charge < -0.3 is 14.5 Å². The molecule has 0 saturated carbocycles. The van der Waals surface area contributed by atoms with Gasteiger partial charge in [0.1, 0.15) is 5.60 Å². The maximum absolute atomic E-state index is 11.9. The molecule has 4 nitrogen and oxygen atoms in total. The molecular weight excluding hydrogens is 302 g/mol. The van der Waals surface area contributed by atoms with Crippen LogP contribution < -0.4 is 5.32 Å². The fraction of sp³-hybridized carbons (Fsp3) is 0.235. The van der Waals surface area contributed by atoms with E-state index in [0.717, 1.165) is 11.1 Å². The number of nitrogens with one attached hydrogen (secondary N) is 1. The van der Waals surface area contributed by atoms with Gasteiger partial charge in [0.25, 0.3) is 0 Å². The zero-order chi connectivity index (χ0) is 16.0. The molecule has 0 aliphatic rings. The first-order chi connectivity index (χ1) is 10.5. The highest BCUT2D eigenvalue weighted by atomic mass is 35.5. The van der Waals surface area contributed by atoms with Gasteiger partial charge in [0.15, 0.2) is 0 Å². The number of hydrogen-bond acceptors (Lipinski definition) is 3. The van der Waals surface area contributed by atoms with Crippen molar-refractivity contribution in [2.24, 2.45) is 0 Å². The van der Waals surface area contributed by atoms with E-state index in [4.69, 9.17) is 20.8 Å². The molecule has 1 aromatic heterocycles. The second-order valence-corrected chi connectivity index (χ2v) is 5.49. The van der Waals surface area contributed by atoms with Crippen molar-refractivity contribution in [1.82, 2.24) is 5.32 Å². The van der Waals surface area contributed by atoms with Gasteiger partial charge in [-0.05, 0) is 36.8 Å². The van der Waals surface area contributed by atoms with Gasteiger partial charge in [-0.3, -0.25) is 4.79 Å². The summed E-state index contributed by atoms with van der Waals surface area (Å²) < 4.78 is 10.5. The molecule has 0 fully saturated rings. The van der Waals surface area contributed by atoms with Crippen molar-refractivity contribution in [2.75, 3.05) is 13.7 Å². The molecule has 1 amide bonds. The SMILES string of the molecule is COC(C)(CNC(=O)/C=C/c1ccoc1)c1cccc(Cl)c1. The summed E-state index contributed by atoms with van der Waals surface area (Å²) >= 11 is 6.01. The predicted molar refractivity (Wildman–Crippen MR) is 86.6 cm³/mol. The molecule has 0 bridgehead atoms. The van der Waals surface area contributed by atoms with Gasteiger partial charge in [0, 0.05) is 23.8 Å². The van der Waals surface area contributed by atoms with E-state index < -0.39 is 5.60 Å². The van der Waals surface area contributed by atoms with Crippen LogP contribution in [0, 0.1) is 0 Å². The Labute approximate surface area is 134 Å². The molecule has 0 aliphatic heterocycles. The highest BCUT2D eigenvalue weighted by Gasteiger charge is 2.26. The first kappa shape index (κ1) is 16.3. The van der Waals surface area contributed by atoms with E-state index >= 15 is 0 Å². The highest BCUT2D eigenvalue weighted by molar-refractivity contribution is 6.30. The second-order valence-electron chi connectivity index (χ2n) is 5.05. The molecular formula is C17H18ClNO3. The van der Waals surface area contributed by atoms with Crippen molar-refractivity contribution in [1.29, 1.82) is 0 Å². The molecule has 2 rings (SSSR count). The van der Waals surface area contributed by atoms with Crippen molar-refractivity contribution in [2.45, 2.75) is 12.5 Å². The third-order valence-electron chi connectivity index (χ3n) is 3.46. The molecule has 1 atom stereocenters. The third-order valence-corrected chi connectivity index (χ3v) is 3.69.